The van der Waals surface area contributed by atoms with Crippen LogP contribution in [0.1, 0.15) is 13.8 Å². The van der Waals surface area contributed by atoms with Crippen LogP contribution >= 0.6 is 0 Å². The summed E-state index contributed by atoms with van der Waals surface area (Å²) in [7, 11) is 0. The van der Waals surface area contributed by atoms with Gasteiger partial charge in [0.15, 0.2) is 5.78 Å². The lowest BCUT2D eigenvalue weighted by Crippen LogP contribution is -2.03. The molecule has 13 heavy (non-hydrogen) atoms. The normalized spacial score (nSPS) is 11.5. The zero-order valence-corrected chi connectivity index (χ0v) is 7.54. The molecule has 0 spiro atoms. The summed E-state index contributed by atoms with van der Waals surface area (Å²) in [5, 5.41) is 0. The van der Waals surface area contributed by atoms with E-state index in [9.17, 15) is 9.18 Å². The molecule has 3 heteroatoms. The Morgan fingerprint density at radius 3 is 2.23 bits per heavy atom. The van der Waals surface area contributed by atoms with Gasteiger partial charge in [-0.05, 0) is 31.2 Å². The fourth-order valence-corrected chi connectivity index (χ4v) is 0.788. The Morgan fingerprint density at radius 2 is 1.77 bits per heavy atom. The number of halogens is 1. The van der Waals surface area contributed by atoms with E-state index in [2.05, 4.69) is 4.99 Å². The fourth-order valence-electron chi connectivity index (χ4n) is 0.788. The van der Waals surface area contributed by atoms with E-state index in [0.29, 0.717) is 11.4 Å². The molecule has 0 heterocycles. The van der Waals surface area contributed by atoms with E-state index < -0.39 is 0 Å². The maximum atomic E-state index is 12.5. The van der Waals surface area contributed by atoms with E-state index in [1.165, 1.54) is 31.2 Å². The monoisotopic (exact) mass is 179 g/mol. The molecular formula is C10H10FNO. The molecule has 0 aliphatic rings. The van der Waals surface area contributed by atoms with Gasteiger partial charge in [-0.15, -0.1) is 0 Å². The molecule has 0 amide bonds. The first-order valence-electron chi connectivity index (χ1n) is 3.91. The molecule has 1 rings (SSSR count). The van der Waals surface area contributed by atoms with Crippen LogP contribution in [0.15, 0.2) is 29.3 Å². The van der Waals surface area contributed by atoms with Crippen molar-refractivity contribution in [3.8, 4) is 0 Å². The van der Waals surface area contributed by atoms with Crippen LogP contribution in [0.25, 0.3) is 0 Å². The second-order valence-electron chi connectivity index (χ2n) is 2.73. The zero-order chi connectivity index (χ0) is 9.84. The van der Waals surface area contributed by atoms with Crippen LogP contribution in [0.5, 0.6) is 0 Å². The van der Waals surface area contributed by atoms with E-state index in [4.69, 9.17) is 0 Å². The van der Waals surface area contributed by atoms with Crippen LogP contribution in [-0.2, 0) is 4.79 Å². The summed E-state index contributed by atoms with van der Waals surface area (Å²) in [6.07, 6.45) is 0. The second-order valence-corrected chi connectivity index (χ2v) is 2.73. The highest BCUT2D eigenvalue weighted by Crippen LogP contribution is 2.12. The maximum Gasteiger partial charge on any atom is 0.173 e. The highest BCUT2D eigenvalue weighted by molar-refractivity contribution is 6.38. The number of carbonyl (C=O) groups is 1. The van der Waals surface area contributed by atoms with E-state index >= 15 is 0 Å². The third-order valence-electron chi connectivity index (χ3n) is 1.63. The molecule has 1 aromatic rings. The lowest BCUT2D eigenvalue weighted by atomic mass is 10.3. The summed E-state index contributed by atoms with van der Waals surface area (Å²) in [5.41, 5.74) is 1.01. The minimum absolute atomic E-state index is 0.0793. The van der Waals surface area contributed by atoms with Crippen LogP contribution in [0.3, 0.4) is 0 Å². The lowest BCUT2D eigenvalue weighted by Gasteiger charge is -1.95. The Labute approximate surface area is 76.1 Å². The molecule has 0 atom stereocenters. The van der Waals surface area contributed by atoms with Gasteiger partial charge in [0.25, 0.3) is 0 Å². The predicted octanol–water partition coefficient (Wildman–Crippen LogP) is 2.51. The number of benzene rings is 1. The molecule has 0 aliphatic heterocycles. The van der Waals surface area contributed by atoms with Crippen molar-refractivity contribution >= 4 is 17.2 Å². The predicted molar refractivity (Wildman–Crippen MR) is 49.9 cm³/mol. The molecule has 0 radical (unpaired) electrons. The number of ketones is 1. The van der Waals surface area contributed by atoms with Gasteiger partial charge < -0.3 is 0 Å². The quantitative estimate of drug-likeness (QED) is 0.641. The van der Waals surface area contributed by atoms with E-state index in [1.807, 2.05) is 0 Å². The summed E-state index contributed by atoms with van der Waals surface area (Å²) in [5.74, 6) is -0.385. The molecule has 0 unspecified atom stereocenters. The molecule has 0 saturated carbocycles. The summed E-state index contributed by atoms with van der Waals surface area (Å²) < 4.78 is 12.5. The van der Waals surface area contributed by atoms with Crippen molar-refractivity contribution in [2.75, 3.05) is 0 Å². The van der Waals surface area contributed by atoms with E-state index in [1.54, 1.807) is 6.92 Å². The SMILES string of the molecule is CC(=O)C(C)=Nc1ccc(F)cc1. The summed E-state index contributed by atoms with van der Waals surface area (Å²) in [6, 6.07) is 5.68. The molecule has 68 valence electrons. The molecule has 0 N–H and O–H groups in total. The minimum atomic E-state index is -0.306. The first kappa shape index (κ1) is 9.58. The van der Waals surface area contributed by atoms with Gasteiger partial charge in [0.2, 0.25) is 0 Å². The molecule has 0 saturated heterocycles. The third kappa shape index (κ3) is 2.78. The van der Waals surface area contributed by atoms with Gasteiger partial charge in [0, 0.05) is 6.92 Å². The van der Waals surface area contributed by atoms with Gasteiger partial charge in [0.1, 0.15) is 5.82 Å². The number of nitrogens with zero attached hydrogens (tertiary/aromatic N) is 1. The average molecular weight is 179 g/mol. The van der Waals surface area contributed by atoms with Crippen molar-refractivity contribution in [1.82, 2.24) is 0 Å². The molecular weight excluding hydrogens is 169 g/mol. The van der Waals surface area contributed by atoms with Crippen LogP contribution in [0, 0.1) is 5.82 Å². The number of carbonyl (C=O) groups excluding carboxylic acids is 1. The van der Waals surface area contributed by atoms with Crippen molar-refractivity contribution in [2.24, 2.45) is 4.99 Å². The number of Topliss-reactive ketones (excluding diaryl/α,β-unsaturated/α-hetero) is 1. The first-order chi connectivity index (χ1) is 6.09. The summed E-state index contributed by atoms with van der Waals surface area (Å²) >= 11 is 0. The van der Waals surface area contributed by atoms with E-state index in [0.717, 1.165) is 0 Å². The molecule has 0 bridgehead atoms. The van der Waals surface area contributed by atoms with Crippen LogP contribution in [-0.4, -0.2) is 11.5 Å². The van der Waals surface area contributed by atoms with Gasteiger partial charge in [-0.1, -0.05) is 0 Å². The molecule has 0 aliphatic carbocycles. The summed E-state index contributed by atoms with van der Waals surface area (Å²) in [4.78, 5) is 14.8. The number of aliphatic imine (C=N–C) groups is 1. The molecule has 1 aromatic carbocycles. The Kier molecular flexibility index (Phi) is 2.90. The van der Waals surface area contributed by atoms with Crippen LogP contribution in [0.4, 0.5) is 10.1 Å². The zero-order valence-electron chi connectivity index (χ0n) is 7.54. The largest absolute Gasteiger partial charge is 0.293 e. The van der Waals surface area contributed by atoms with Crippen molar-refractivity contribution in [3.63, 3.8) is 0 Å². The third-order valence-corrected chi connectivity index (χ3v) is 1.63. The van der Waals surface area contributed by atoms with Crippen molar-refractivity contribution in [3.05, 3.63) is 30.1 Å². The summed E-state index contributed by atoms with van der Waals surface area (Å²) in [6.45, 7) is 3.08. The van der Waals surface area contributed by atoms with E-state index in [-0.39, 0.29) is 11.6 Å². The lowest BCUT2D eigenvalue weighted by molar-refractivity contribution is -0.111. The number of rotatable bonds is 2. The topological polar surface area (TPSA) is 29.4 Å². The maximum absolute atomic E-state index is 12.5. The van der Waals surface area contributed by atoms with Gasteiger partial charge in [-0.25, -0.2) is 4.39 Å². The standard InChI is InChI=1S/C10H10FNO/c1-7(8(2)13)12-10-5-3-9(11)4-6-10/h3-6H,1-2H3. The Hall–Kier alpha value is -1.51. The Balaban J connectivity index is 2.92. The van der Waals surface area contributed by atoms with Gasteiger partial charge >= 0.3 is 0 Å². The molecule has 0 fully saturated rings. The fraction of sp³-hybridized carbons (Fsp3) is 0.200. The van der Waals surface area contributed by atoms with Gasteiger partial charge in [-0.2, -0.15) is 0 Å². The first-order valence-corrected chi connectivity index (χ1v) is 3.91. The highest BCUT2D eigenvalue weighted by Gasteiger charge is 1.97. The molecule has 2 nitrogen and oxygen atoms in total. The van der Waals surface area contributed by atoms with Gasteiger partial charge in [0.05, 0.1) is 11.4 Å². The molecule has 0 aromatic heterocycles. The number of hydrogen-bond acceptors (Lipinski definition) is 2. The number of hydrogen-bond donors (Lipinski definition) is 0. The smallest absolute Gasteiger partial charge is 0.173 e. The minimum Gasteiger partial charge on any atom is -0.293 e. The van der Waals surface area contributed by atoms with Gasteiger partial charge in [-0.3, -0.25) is 9.79 Å². The van der Waals surface area contributed by atoms with Crippen LogP contribution in [0.2, 0.25) is 0 Å². The van der Waals surface area contributed by atoms with Crippen molar-refractivity contribution in [1.29, 1.82) is 0 Å². The van der Waals surface area contributed by atoms with Crippen molar-refractivity contribution < 1.29 is 9.18 Å². The van der Waals surface area contributed by atoms with Crippen LogP contribution < -0.4 is 0 Å². The highest BCUT2D eigenvalue weighted by atomic mass is 19.1. The van der Waals surface area contributed by atoms with Crippen molar-refractivity contribution in [2.45, 2.75) is 13.8 Å². The Morgan fingerprint density at radius 1 is 1.23 bits per heavy atom. The second kappa shape index (κ2) is 3.94. The Bertz CT molecular complexity index is 340. The average Bonchev–Trinajstić information content (AvgIpc) is 2.08.